The van der Waals surface area contributed by atoms with Gasteiger partial charge in [0.1, 0.15) is 5.82 Å². The number of carbonyl (C=O) groups excluding carboxylic acids is 1. The van der Waals surface area contributed by atoms with Crippen molar-refractivity contribution in [3.05, 3.63) is 52.6 Å². The Kier molecular flexibility index (Phi) is 5.32. The Morgan fingerprint density at radius 3 is 2.65 bits per heavy atom. The summed E-state index contributed by atoms with van der Waals surface area (Å²) in [5.74, 6) is -0.462. The molecule has 1 atom stereocenters. The van der Waals surface area contributed by atoms with Crippen LogP contribution in [0.25, 0.3) is 0 Å². The van der Waals surface area contributed by atoms with Crippen molar-refractivity contribution in [2.75, 3.05) is 0 Å². The minimum Gasteiger partial charge on any atom is -0.479 e. The molecule has 7 heteroatoms. The molecule has 1 aromatic heterocycles. The number of carboxylic acids is 1. The van der Waals surface area contributed by atoms with E-state index in [1.807, 2.05) is 6.20 Å². The smallest absolute Gasteiger partial charge is 0.334 e. The van der Waals surface area contributed by atoms with Crippen LogP contribution in [0.4, 0.5) is 0 Å². The lowest BCUT2D eigenvalue weighted by Gasteiger charge is -2.30. The fraction of sp³-hybridized carbons (Fsp3) is 0.421. The average Bonchev–Trinajstić information content (AvgIpc) is 3.02. The van der Waals surface area contributed by atoms with Gasteiger partial charge in [0.2, 0.25) is 5.91 Å². The summed E-state index contributed by atoms with van der Waals surface area (Å²) in [5.41, 5.74) is -0.318. The third kappa shape index (κ3) is 3.60. The third-order valence-corrected chi connectivity index (χ3v) is 5.14. The third-order valence-electron chi connectivity index (χ3n) is 4.89. The number of amides is 1. The van der Waals surface area contributed by atoms with Gasteiger partial charge in [0.15, 0.2) is 5.54 Å². The van der Waals surface area contributed by atoms with Crippen molar-refractivity contribution in [3.63, 3.8) is 0 Å². The molecule has 2 heterocycles. The van der Waals surface area contributed by atoms with E-state index in [2.05, 4.69) is 14.9 Å². The number of nitrogens with zero attached hydrogens (tertiary/aromatic N) is 2. The van der Waals surface area contributed by atoms with Gasteiger partial charge in [-0.1, -0.05) is 30.7 Å². The molecular formula is C19H22ClN3O3. The van der Waals surface area contributed by atoms with E-state index in [0.717, 1.165) is 31.6 Å². The number of imidazole rings is 1. The molecule has 26 heavy (non-hydrogen) atoms. The van der Waals surface area contributed by atoms with Crippen molar-refractivity contribution in [2.24, 2.45) is 0 Å². The highest BCUT2D eigenvalue weighted by Gasteiger charge is 2.40. The monoisotopic (exact) mass is 375 g/mol. The minimum atomic E-state index is -1.49. The average molecular weight is 376 g/mol. The van der Waals surface area contributed by atoms with E-state index >= 15 is 0 Å². The summed E-state index contributed by atoms with van der Waals surface area (Å²) in [6.07, 6.45) is 5.31. The molecule has 0 bridgehead atoms. The molecule has 0 spiro atoms. The van der Waals surface area contributed by atoms with Crippen LogP contribution in [0, 0.1) is 0 Å². The Balaban J connectivity index is 1.80. The first-order valence-corrected chi connectivity index (χ1v) is 9.18. The lowest BCUT2D eigenvalue weighted by atomic mass is 9.87. The van der Waals surface area contributed by atoms with Gasteiger partial charge in [0.05, 0.1) is 12.1 Å². The second-order valence-corrected chi connectivity index (χ2v) is 7.03. The van der Waals surface area contributed by atoms with Crippen molar-refractivity contribution < 1.29 is 14.7 Å². The highest BCUT2D eigenvalue weighted by molar-refractivity contribution is 6.30. The van der Waals surface area contributed by atoms with Crippen molar-refractivity contribution in [2.45, 2.75) is 51.1 Å². The Morgan fingerprint density at radius 2 is 2.04 bits per heavy atom. The second kappa shape index (κ2) is 7.50. The number of carbonyl (C=O) groups is 2. The fourth-order valence-corrected chi connectivity index (χ4v) is 3.56. The van der Waals surface area contributed by atoms with Gasteiger partial charge >= 0.3 is 5.97 Å². The molecule has 1 amide bonds. The van der Waals surface area contributed by atoms with E-state index in [4.69, 9.17) is 11.6 Å². The number of rotatable bonds is 6. The van der Waals surface area contributed by atoms with Gasteiger partial charge in [-0.25, -0.2) is 9.78 Å². The fourth-order valence-electron chi connectivity index (χ4n) is 3.43. The highest BCUT2D eigenvalue weighted by atomic mass is 35.5. The van der Waals surface area contributed by atoms with E-state index in [1.165, 1.54) is 0 Å². The van der Waals surface area contributed by atoms with E-state index in [0.29, 0.717) is 16.3 Å². The molecule has 3 rings (SSSR count). The van der Waals surface area contributed by atoms with Crippen LogP contribution in [0.3, 0.4) is 0 Å². The zero-order valence-corrected chi connectivity index (χ0v) is 15.4. The van der Waals surface area contributed by atoms with E-state index in [-0.39, 0.29) is 18.7 Å². The van der Waals surface area contributed by atoms with Crippen molar-refractivity contribution in [1.29, 1.82) is 0 Å². The van der Waals surface area contributed by atoms with Crippen LogP contribution in [0.5, 0.6) is 0 Å². The van der Waals surface area contributed by atoms with Gasteiger partial charge in [-0.15, -0.1) is 0 Å². The molecule has 1 aromatic carbocycles. The largest absolute Gasteiger partial charge is 0.479 e. The minimum absolute atomic E-state index is 0.0582. The normalized spacial score (nSPS) is 15.8. The molecule has 0 fully saturated rings. The number of hydrogen-bond acceptors (Lipinski definition) is 3. The van der Waals surface area contributed by atoms with Crippen LogP contribution in [0.1, 0.15) is 43.3 Å². The van der Waals surface area contributed by atoms with Crippen LogP contribution in [-0.2, 0) is 34.5 Å². The summed E-state index contributed by atoms with van der Waals surface area (Å²) in [6, 6.07) is 6.52. The lowest BCUT2D eigenvalue weighted by Crippen LogP contribution is -2.52. The maximum absolute atomic E-state index is 12.6. The number of hydrogen-bond donors (Lipinski definition) is 2. The van der Waals surface area contributed by atoms with E-state index < -0.39 is 11.5 Å². The summed E-state index contributed by atoms with van der Waals surface area (Å²) in [6.45, 7) is 2.65. The Hall–Kier alpha value is -2.34. The van der Waals surface area contributed by atoms with Crippen LogP contribution in [-0.4, -0.2) is 26.5 Å². The number of carboxylic acid groups (broad SMARTS) is 1. The molecule has 6 nitrogen and oxygen atoms in total. The van der Waals surface area contributed by atoms with E-state index in [9.17, 15) is 14.7 Å². The number of nitrogens with one attached hydrogen (secondary N) is 1. The van der Waals surface area contributed by atoms with E-state index in [1.54, 1.807) is 31.2 Å². The molecule has 0 saturated carbocycles. The number of halogens is 1. The Labute approximate surface area is 157 Å². The molecule has 1 aliphatic rings. The molecule has 2 aromatic rings. The number of aryl methyl sites for hydroxylation is 2. The zero-order chi connectivity index (χ0) is 18.7. The summed E-state index contributed by atoms with van der Waals surface area (Å²) < 4.78 is 2.08. The van der Waals surface area contributed by atoms with Gasteiger partial charge in [-0.05, 0) is 37.0 Å². The molecule has 2 N–H and O–H groups in total. The Bertz CT molecular complexity index is 792. The standard InChI is InChI=1S/C19H22ClN3O3/c1-2-19(18(25)26,13-6-8-14(20)9-7-13)22-17(24)11-15-12-23-10-4-3-5-16(23)21-15/h6-9,12H,2-5,10-11H2,1H3,(H,22,24)(H,25,26). The van der Waals surface area contributed by atoms with Crippen molar-refractivity contribution >= 4 is 23.5 Å². The quantitative estimate of drug-likeness (QED) is 0.813. The van der Waals surface area contributed by atoms with Gasteiger partial charge in [0.25, 0.3) is 0 Å². The molecule has 138 valence electrons. The SMILES string of the molecule is CCC(NC(=O)Cc1cn2c(n1)CCCC2)(C(=O)O)c1ccc(Cl)cc1. The van der Waals surface area contributed by atoms with Gasteiger partial charge in [-0.2, -0.15) is 0 Å². The van der Waals surface area contributed by atoms with Crippen LogP contribution < -0.4 is 5.32 Å². The topological polar surface area (TPSA) is 84.2 Å². The molecule has 0 radical (unpaired) electrons. The molecule has 1 unspecified atom stereocenters. The summed E-state index contributed by atoms with van der Waals surface area (Å²) in [4.78, 5) is 29.1. The van der Waals surface area contributed by atoms with Gasteiger partial charge < -0.3 is 15.0 Å². The lowest BCUT2D eigenvalue weighted by molar-refractivity contribution is -0.148. The van der Waals surface area contributed by atoms with Crippen LogP contribution >= 0.6 is 11.6 Å². The first kappa shape index (κ1) is 18.5. The van der Waals surface area contributed by atoms with Gasteiger partial charge in [-0.3, -0.25) is 4.79 Å². The predicted octanol–water partition coefficient (Wildman–Crippen LogP) is 2.92. The Morgan fingerprint density at radius 1 is 1.31 bits per heavy atom. The molecule has 0 aliphatic carbocycles. The number of fused-ring (bicyclic) bond motifs is 1. The summed E-state index contributed by atoms with van der Waals surface area (Å²) in [5, 5.41) is 13.1. The van der Waals surface area contributed by atoms with Crippen molar-refractivity contribution in [1.82, 2.24) is 14.9 Å². The molecule has 0 saturated heterocycles. The second-order valence-electron chi connectivity index (χ2n) is 6.59. The zero-order valence-electron chi connectivity index (χ0n) is 14.7. The van der Waals surface area contributed by atoms with Crippen LogP contribution in [0.2, 0.25) is 5.02 Å². The van der Waals surface area contributed by atoms with Crippen LogP contribution in [0.15, 0.2) is 30.5 Å². The summed E-state index contributed by atoms with van der Waals surface area (Å²) >= 11 is 5.90. The van der Waals surface area contributed by atoms with Gasteiger partial charge in [0, 0.05) is 24.2 Å². The maximum atomic E-state index is 12.6. The maximum Gasteiger partial charge on any atom is 0.334 e. The first-order chi connectivity index (χ1) is 12.4. The number of aromatic nitrogens is 2. The molecule has 1 aliphatic heterocycles. The highest BCUT2D eigenvalue weighted by Crippen LogP contribution is 2.27. The number of benzene rings is 1. The molecular weight excluding hydrogens is 354 g/mol. The summed E-state index contributed by atoms with van der Waals surface area (Å²) in [7, 11) is 0. The predicted molar refractivity (Wildman–Crippen MR) is 98.1 cm³/mol. The first-order valence-electron chi connectivity index (χ1n) is 8.80. The number of aliphatic carboxylic acids is 1. The van der Waals surface area contributed by atoms with Crippen molar-refractivity contribution in [3.8, 4) is 0 Å².